The van der Waals surface area contributed by atoms with Crippen LogP contribution >= 0.6 is 11.8 Å². The lowest BCUT2D eigenvalue weighted by Gasteiger charge is -2.20. The van der Waals surface area contributed by atoms with E-state index in [2.05, 4.69) is 17.4 Å². The maximum atomic E-state index is 12.6. The van der Waals surface area contributed by atoms with Crippen LogP contribution in [-0.2, 0) is 6.54 Å². The van der Waals surface area contributed by atoms with E-state index in [1.807, 2.05) is 56.5 Å². The first kappa shape index (κ1) is 20.1. The number of nitrogens with zero attached hydrogens (tertiary/aromatic N) is 1. The fourth-order valence-electron chi connectivity index (χ4n) is 2.98. The van der Waals surface area contributed by atoms with Gasteiger partial charge in [0.05, 0.1) is 12.6 Å². The number of furan rings is 1. The number of amides is 2. The lowest BCUT2D eigenvalue weighted by molar-refractivity contribution is 0.202. The number of thioether (sulfide) groups is 1. The van der Waals surface area contributed by atoms with Gasteiger partial charge in [0.25, 0.3) is 0 Å². The number of para-hydroxylation sites is 1. The second kappa shape index (κ2) is 9.06. The van der Waals surface area contributed by atoms with Crippen molar-refractivity contribution in [3.8, 4) is 5.75 Å². The molecule has 0 saturated carbocycles. The van der Waals surface area contributed by atoms with Gasteiger partial charge in [-0.05, 0) is 49.9 Å². The SMILES string of the molecule is CCOc1cccc2cc(C(C)NC(=O)N(C)Cc3ccc(SC)cc3)oc12. The normalized spacial score (nSPS) is 12.0. The number of nitrogens with one attached hydrogen (secondary N) is 1. The summed E-state index contributed by atoms with van der Waals surface area (Å²) < 4.78 is 11.6. The van der Waals surface area contributed by atoms with E-state index in [1.165, 1.54) is 4.90 Å². The second-order valence-electron chi connectivity index (χ2n) is 6.63. The number of carbonyl (C=O) groups excluding carboxylic acids is 1. The third-order valence-electron chi connectivity index (χ3n) is 4.52. The summed E-state index contributed by atoms with van der Waals surface area (Å²) in [6.45, 7) is 4.97. The third-order valence-corrected chi connectivity index (χ3v) is 5.26. The summed E-state index contributed by atoms with van der Waals surface area (Å²) in [4.78, 5) is 15.5. The number of ether oxygens (including phenoxy) is 1. The molecule has 1 atom stereocenters. The van der Waals surface area contributed by atoms with Crippen LogP contribution in [0.1, 0.15) is 31.2 Å². The van der Waals surface area contributed by atoms with E-state index in [9.17, 15) is 4.79 Å². The van der Waals surface area contributed by atoms with E-state index in [0.717, 1.165) is 16.7 Å². The highest BCUT2D eigenvalue weighted by atomic mass is 32.2. The van der Waals surface area contributed by atoms with Crippen LogP contribution in [-0.4, -0.2) is 30.8 Å². The van der Waals surface area contributed by atoms with E-state index >= 15 is 0 Å². The molecule has 2 aromatic carbocycles. The van der Waals surface area contributed by atoms with Crippen LogP contribution in [0.15, 0.2) is 57.8 Å². The number of rotatable bonds is 7. The van der Waals surface area contributed by atoms with Crippen LogP contribution in [0.3, 0.4) is 0 Å². The first-order valence-electron chi connectivity index (χ1n) is 9.31. The molecule has 1 N–H and O–H groups in total. The molecule has 0 spiro atoms. The Morgan fingerprint density at radius 1 is 1.25 bits per heavy atom. The lowest BCUT2D eigenvalue weighted by Crippen LogP contribution is -2.38. The molecule has 5 nitrogen and oxygen atoms in total. The summed E-state index contributed by atoms with van der Waals surface area (Å²) in [7, 11) is 1.79. The topological polar surface area (TPSA) is 54.7 Å². The van der Waals surface area contributed by atoms with E-state index in [-0.39, 0.29) is 12.1 Å². The molecule has 0 bridgehead atoms. The number of hydrogen-bond acceptors (Lipinski definition) is 4. The predicted molar refractivity (Wildman–Crippen MR) is 114 cm³/mol. The fourth-order valence-corrected chi connectivity index (χ4v) is 3.39. The number of urea groups is 1. The Morgan fingerprint density at radius 2 is 2.00 bits per heavy atom. The minimum Gasteiger partial charge on any atom is -0.490 e. The lowest BCUT2D eigenvalue weighted by atomic mass is 10.2. The van der Waals surface area contributed by atoms with Crippen molar-refractivity contribution in [1.29, 1.82) is 0 Å². The number of benzene rings is 2. The zero-order chi connectivity index (χ0) is 20.1. The molecule has 0 fully saturated rings. The molecule has 6 heteroatoms. The van der Waals surface area contributed by atoms with Gasteiger partial charge in [0, 0.05) is 23.9 Å². The Morgan fingerprint density at radius 3 is 2.68 bits per heavy atom. The van der Waals surface area contributed by atoms with Crippen molar-refractivity contribution in [2.45, 2.75) is 31.3 Å². The highest BCUT2D eigenvalue weighted by Crippen LogP contribution is 2.31. The van der Waals surface area contributed by atoms with Crippen molar-refractivity contribution in [1.82, 2.24) is 10.2 Å². The van der Waals surface area contributed by atoms with Crippen molar-refractivity contribution < 1.29 is 13.9 Å². The summed E-state index contributed by atoms with van der Waals surface area (Å²) >= 11 is 1.70. The first-order chi connectivity index (χ1) is 13.5. The van der Waals surface area contributed by atoms with Crippen LogP contribution in [0, 0.1) is 0 Å². The van der Waals surface area contributed by atoms with E-state index in [4.69, 9.17) is 9.15 Å². The highest BCUT2D eigenvalue weighted by Gasteiger charge is 2.18. The minimum atomic E-state index is -0.254. The molecule has 3 aromatic rings. The van der Waals surface area contributed by atoms with Crippen molar-refractivity contribution in [2.75, 3.05) is 19.9 Å². The Kier molecular flexibility index (Phi) is 6.52. The quantitative estimate of drug-likeness (QED) is 0.537. The molecular formula is C22H26N2O3S. The third kappa shape index (κ3) is 4.62. The summed E-state index contributed by atoms with van der Waals surface area (Å²) in [5.74, 6) is 1.42. The van der Waals surface area contributed by atoms with Gasteiger partial charge in [-0.15, -0.1) is 11.8 Å². The van der Waals surface area contributed by atoms with Crippen LogP contribution in [0.25, 0.3) is 11.0 Å². The maximum Gasteiger partial charge on any atom is 0.318 e. The van der Waals surface area contributed by atoms with Gasteiger partial charge in [-0.2, -0.15) is 0 Å². The van der Waals surface area contributed by atoms with Gasteiger partial charge in [-0.1, -0.05) is 24.3 Å². The Labute approximate surface area is 170 Å². The second-order valence-corrected chi connectivity index (χ2v) is 7.51. The van der Waals surface area contributed by atoms with Crippen LogP contribution in [0.2, 0.25) is 0 Å². The monoisotopic (exact) mass is 398 g/mol. The molecule has 0 aliphatic rings. The molecule has 1 heterocycles. The van der Waals surface area contributed by atoms with Gasteiger partial charge in [0.15, 0.2) is 11.3 Å². The van der Waals surface area contributed by atoms with Crippen LogP contribution in [0.4, 0.5) is 4.79 Å². The predicted octanol–water partition coefficient (Wildman–Crippen LogP) is 5.46. The molecule has 28 heavy (non-hydrogen) atoms. The van der Waals surface area contributed by atoms with E-state index in [0.29, 0.717) is 24.5 Å². The smallest absolute Gasteiger partial charge is 0.318 e. The van der Waals surface area contributed by atoms with Crippen molar-refractivity contribution >= 4 is 28.8 Å². The maximum absolute atomic E-state index is 12.6. The van der Waals surface area contributed by atoms with Crippen LogP contribution in [0.5, 0.6) is 5.75 Å². The van der Waals surface area contributed by atoms with Crippen molar-refractivity contribution in [3.05, 3.63) is 59.9 Å². The Bertz CT molecular complexity index is 937. The first-order valence-corrected chi connectivity index (χ1v) is 10.5. The molecule has 0 radical (unpaired) electrons. The molecule has 0 saturated heterocycles. The van der Waals surface area contributed by atoms with Crippen molar-refractivity contribution in [3.63, 3.8) is 0 Å². The van der Waals surface area contributed by atoms with E-state index < -0.39 is 0 Å². The minimum absolute atomic E-state index is 0.146. The van der Waals surface area contributed by atoms with Crippen LogP contribution < -0.4 is 10.1 Å². The molecule has 3 rings (SSSR count). The molecule has 1 aromatic heterocycles. The highest BCUT2D eigenvalue weighted by molar-refractivity contribution is 7.98. The largest absolute Gasteiger partial charge is 0.490 e. The Balaban J connectivity index is 1.66. The summed E-state index contributed by atoms with van der Waals surface area (Å²) in [5.41, 5.74) is 1.80. The number of fused-ring (bicyclic) bond motifs is 1. The zero-order valence-corrected chi connectivity index (χ0v) is 17.5. The van der Waals surface area contributed by atoms with Gasteiger partial charge in [-0.3, -0.25) is 0 Å². The summed E-state index contributed by atoms with van der Waals surface area (Å²) in [5, 5.41) is 3.96. The van der Waals surface area contributed by atoms with Gasteiger partial charge >= 0.3 is 6.03 Å². The number of hydrogen-bond donors (Lipinski definition) is 1. The molecule has 2 amide bonds. The van der Waals surface area contributed by atoms with E-state index in [1.54, 1.807) is 23.7 Å². The summed E-state index contributed by atoms with van der Waals surface area (Å²) in [6, 6.07) is 15.6. The molecule has 0 aliphatic heterocycles. The summed E-state index contributed by atoms with van der Waals surface area (Å²) in [6.07, 6.45) is 2.05. The molecule has 0 aliphatic carbocycles. The molecular weight excluding hydrogens is 372 g/mol. The van der Waals surface area contributed by atoms with Gasteiger partial charge in [0.1, 0.15) is 5.76 Å². The average molecular weight is 399 g/mol. The van der Waals surface area contributed by atoms with Crippen molar-refractivity contribution in [2.24, 2.45) is 0 Å². The number of carbonyl (C=O) groups is 1. The Hall–Kier alpha value is -2.60. The fraction of sp³-hybridized carbons (Fsp3) is 0.318. The standard InChI is InChI=1S/C22H26N2O3S/c1-5-26-19-8-6-7-17-13-20(27-21(17)19)15(2)23-22(25)24(3)14-16-9-11-18(28-4)12-10-16/h6-13,15H,5,14H2,1-4H3,(H,23,25). The molecule has 1 unspecified atom stereocenters. The van der Waals surface area contributed by atoms with Gasteiger partial charge < -0.3 is 19.4 Å². The van der Waals surface area contributed by atoms with Gasteiger partial charge in [-0.25, -0.2) is 4.79 Å². The average Bonchev–Trinajstić information content (AvgIpc) is 3.14. The molecule has 148 valence electrons. The zero-order valence-electron chi connectivity index (χ0n) is 16.7. The van der Waals surface area contributed by atoms with Gasteiger partial charge in [0.2, 0.25) is 0 Å².